The second-order valence-electron chi connectivity index (χ2n) is 4.31. The standard InChI is InChI=1S/C8H17O11P/c9-2(1-18-20(15,16)17)3(10)7-5(12)4(11)6(13)8(14)19-7/h2-14H,1H2,(H2,15,16,17)/t2-,3-,4+,5+,6-,7?,8+/m1/s1. The maximum absolute atomic E-state index is 10.4. The Bertz CT molecular complexity index is 358. The summed E-state index contributed by atoms with van der Waals surface area (Å²) in [7, 11) is -4.86. The van der Waals surface area contributed by atoms with Gasteiger partial charge in [0.25, 0.3) is 0 Å². The Labute approximate surface area is 112 Å². The van der Waals surface area contributed by atoms with Gasteiger partial charge in [-0.15, -0.1) is 0 Å². The van der Waals surface area contributed by atoms with Crippen molar-refractivity contribution in [3.05, 3.63) is 0 Å². The molecule has 1 aliphatic heterocycles. The second kappa shape index (κ2) is 6.73. The average molecular weight is 320 g/mol. The number of aliphatic hydroxyl groups excluding tert-OH is 6. The molecule has 0 bridgehead atoms. The molecule has 0 amide bonds. The predicted octanol–water partition coefficient (Wildman–Crippen LogP) is -4.38. The van der Waals surface area contributed by atoms with Crippen LogP contribution in [-0.4, -0.2) is 89.9 Å². The summed E-state index contributed by atoms with van der Waals surface area (Å²) < 4.78 is 19.0. The minimum absolute atomic E-state index is 0.979. The molecule has 0 radical (unpaired) electrons. The minimum atomic E-state index is -4.86. The first kappa shape index (κ1) is 17.9. The van der Waals surface area contributed by atoms with Gasteiger partial charge in [-0.25, -0.2) is 4.57 Å². The molecule has 0 spiro atoms. The molecule has 0 saturated carbocycles. The highest BCUT2D eigenvalue weighted by molar-refractivity contribution is 7.46. The van der Waals surface area contributed by atoms with Crippen LogP contribution in [0.2, 0.25) is 0 Å². The van der Waals surface area contributed by atoms with Crippen LogP contribution in [0.3, 0.4) is 0 Å². The van der Waals surface area contributed by atoms with Crippen molar-refractivity contribution in [2.24, 2.45) is 0 Å². The number of phosphoric ester groups is 1. The summed E-state index contributed by atoms with van der Waals surface area (Å²) >= 11 is 0. The van der Waals surface area contributed by atoms with E-state index in [1.165, 1.54) is 0 Å². The third-order valence-corrected chi connectivity index (χ3v) is 3.25. The third-order valence-electron chi connectivity index (χ3n) is 2.77. The summed E-state index contributed by atoms with van der Waals surface area (Å²) in [5.74, 6) is 0. The number of hydrogen-bond donors (Lipinski definition) is 8. The molecule has 8 N–H and O–H groups in total. The quantitative estimate of drug-likeness (QED) is 0.228. The zero-order chi connectivity index (χ0) is 15.7. The van der Waals surface area contributed by atoms with E-state index in [-0.39, 0.29) is 0 Å². The fourth-order valence-corrected chi connectivity index (χ4v) is 2.01. The van der Waals surface area contributed by atoms with E-state index in [1.807, 2.05) is 0 Å². The topological polar surface area (TPSA) is 197 Å². The van der Waals surface area contributed by atoms with Gasteiger partial charge in [0.1, 0.15) is 36.6 Å². The van der Waals surface area contributed by atoms with Crippen LogP contribution < -0.4 is 0 Å². The fourth-order valence-electron chi connectivity index (χ4n) is 1.66. The Hall–Kier alpha value is -0.170. The summed E-state index contributed by atoms with van der Waals surface area (Å²) in [6.45, 7) is -0.979. The summed E-state index contributed by atoms with van der Waals surface area (Å²) in [5, 5.41) is 56.5. The van der Waals surface area contributed by atoms with Crippen LogP contribution in [0, 0.1) is 0 Å². The highest BCUT2D eigenvalue weighted by Crippen LogP contribution is 2.36. The normalized spacial score (nSPS) is 38.5. The summed E-state index contributed by atoms with van der Waals surface area (Å²) in [6.07, 6.45) is -12.9. The van der Waals surface area contributed by atoms with Crippen LogP contribution in [0.4, 0.5) is 0 Å². The predicted molar refractivity (Wildman–Crippen MR) is 58.9 cm³/mol. The summed E-state index contributed by atoms with van der Waals surface area (Å²) in [6, 6.07) is 0. The second-order valence-corrected chi connectivity index (χ2v) is 5.55. The van der Waals surface area contributed by atoms with Crippen molar-refractivity contribution < 1.29 is 54.3 Å². The minimum Gasteiger partial charge on any atom is -0.388 e. The zero-order valence-corrected chi connectivity index (χ0v) is 10.9. The maximum atomic E-state index is 10.4. The first-order chi connectivity index (χ1) is 9.04. The van der Waals surface area contributed by atoms with E-state index in [0.717, 1.165) is 0 Å². The lowest BCUT2D eigenvalue weighted by atomic mass is 9.93. The molecule has 1 rings (SSSR count). The van der Waals surface area contributed by atoms with Gasteiger partial charge in [-0.3, -0.25) is 4.52 Å². The highest BCUT2D eigenvalue weighted by Gasteiger charge is 2.47. The Morgan fingerprint density at radius 2 is 1.60 bits per heavy atom. The molecule has 0 aromatic heterocycles. The van der Waals surface area contributed by atoms with Gasteiger partial charge < -0.3 is 45.2 Å². The first-order valence-corrected chi connectivity index (χ1v) is 7.01. The van der Waals surface area contributed by atoms with E-state index in [9.17, 15) is 35.2 Å². The fraction of sp³-hybridized carbons (Fsp3) is 1.00. The molecule has 1 saturated heterocycles. The molecular weight excluding hydrogens is 303 g/mol. The van der Waals surface area contributed by atoms with Crippen LogP contribution in [-0.2, 0) is 13.8 Å². The molecule has 1 unspecified atom stereocenters. The highest BCUT2D eigenvalue weighted by atomic mass is 31.2. The van der Waals surface area contributed by atoms with E-state index in [2.05, 4.69) is 9.26 Å². The molecule has 7 atom stereocenters. The molecule has 0 aromatic carbocycles. The van der Waals surface area contributed by atoms with Gasteiger partial charge in [-0.05, 0) is 0 Å². The molecule has 11 nitrogen and oxygen atoms in total. The molecular formula is C8H17O11P. The first-order valence-electron chi connectivity index (χ1n) is 5.48. The average Bonchev–Trinajstić information content (AvgIpc) is 2.36. The third kappa shape index (κ3) is 4.41. The number of rotatable bonds is 5. The molecule has 12 heteroatoms. The molecule has 20 heavy (non-hydrogen) atoms. The van der Waals surface area contributed by atoms with Crippen molar-refractivity contribution in [3.8, 4) is 0 Å². The van der Waals surface area contributed by atoms with E-state index >= 15 is 0 Å². The van der Waals surface area contributed by atoms with Crippen molar-refractivity contribution in [2.45, 2.75) is 42.9 Å². The molecule has 1 fully saturated rings. The number of hydrogen-bond acceptors (Lipinski definition) is 9. The Kier molecular flexibility index (Phi) is 6.01. The van der Waals surface area contributed by atoms with Gasteiger partial charge in [-0.2, -0.15) is 0 Å². The molecule has 120 valence electrons. The van der Waals surface area contributed by atoms with Gasteiger partial charge in [0, 0.05) is 0 Å². The van der Waals surface area contributed by atoms with Crippen molar-refractivity contribution in [3.63, 3.8) is 0 Å². The van der Waals surface area contributed by atoms with Crippen LogP contribution in [0.1, 0.15) is 0 Å². The van der Waals surface area contributed by atoms with E-state index in [0.29, 0.717) is 0 Å². The van der Waals surface area contributed by atoms with Crippen molar-refractivity contribution in [1.29, 1.82) is 0 Å². The van der Waals surface area contributed by atoms with Crippen LogP contribution in [0.5, 0.6) is 0 Å². The number of ether oxygens (including phenoxy) is 1. The molecule has 1 heterocycles. The lowest BCUT2D eigenvalue weighted by Gasteiger charge is -2.41. The molecule has 1 aliphatic rings. The lowest BCUT2D eigenvalue weighted by Crippen LogP contribution is -2.62. The van der Waals surface area contributed by atoms with Gasteiger partial charge in [-0.1, -0.05) is 0 Å². The van der Waals surface area contributed by atoms with E-state index in [4.69, 9.17) is 9.79 Å². The maximum Gasteiger partial charge on any atom is 0.469 e. The molecule has 0 aliphatic carbocycles. The van der Waals surface area contributed by atoms with E-state index < -0.39 is 57.3 Å². The zero-order valence-electron chi connectivity index (χ0n) is 10.00. The van der Waals surface area contributed by atoms with Crippen LogP contribution in [0.15, 0.2) is 0 Å². The number of aliphatic hydroxyl groups is 6. The van der Waals surface area contributed by atoms with Crippen molar-refractivity contribution in [2.75, 3.05) is 6.61 Å². The lowest BCUT2D eigenvalue weighted by molar-refractivity contribution is -0.303. The number of phosphoric acid groups is 1. The van der Waals surface area contributed by atoms with Crippen molar-refractivity contribution >= 4 is 7.82 Å². The summed E-state index contributed by atoms with van der Waals surface area (Å²) in [4.78, 5) is 16.9. The van der Waals surface area contributed by atoms with Gasteiger partial charge >= 0.3 is 7.82 Å². The summed E-state index contributed by atoms with van der Waals surface area (Å²) in [5.41, 5.74) is 0. The largest absolute Gasteiger partial charge is 0.469 e. The monoisotopic (exact) mass is 320 g/mol. The smallest absolute Gasteiger partial charge is 0.388 e. The van der Waals surface area contributed by atoms with Crippen LogP contribution in [0.25, 0.3) is 0 Å². The Morgan fingerprint density at radius 3 is 2.10 bits per heavy atom. The van der Waals surface area contributed by atoms with Crippen molar-refractivity contribution in [1.82, 2.24) is 0 Å². The van der Waals surface area contributed by atoms with Gasteiger partial charge in [0.2, 0.25) is 0 Å². The Morgan fingerprint density at radius 1 is 1.05 bits per heavy atom. The Balaban J connectivity index is 2.65. The van der Waals surface area contributed by atoms with E-state index in [1.54, 1.807) is 0 Å². The van der Waals surface area contributed by atoms with Gasteiger partial charge in [0.15, 0.2) is 6.29 Å². The SMILES string of the molecule is O=P(O)(O)OC[C@@H](O)[C@@H](O)C1O[C@H](O)[C@H](O)[C@@H](O)[C@@H]1O. The van der Waals surface area contributed by atoms with Crippen LogP contribution >= 0.6 is 7.82 Å². The van der Waals surface area contributed by atoms with Gasteiger partial charge in [0.05, 0.1) is 6.61 Å². The molecule has 0 aromatic rings.